The third-order valence-corrected chi connectivity index (χ3v) is 11.3. The van der Waals surface area contributed by atoms with Crippen LogP contribution in [0.5, 0.6) is 17.2 Å². The molecule has 0 saturated heterocycles. The number of halogens is 6. The van der Waals surface area contributed by atoms with Crippen molar-refractivity contribution in [1.29, 1.82) is 0 Å². The molecule has 9 heteroatoms. The van der Waals surface area contributed by atoms with Crippen molar-refractivity contribution in [3.63, 3.8) is 0 Å². The molecule has 0 unspecified atom stereocenters. The van der Waals surface area contributed by atoms with E-state index in [0.717, 1.165) is 46.7 Å². The molecule has 2 aliphatic carbocycles. The van der Waals surface area contributed by atoms with Crippen LogP contribution in [-0.2, 0) is 23.4 Å². The molecule has 3 nitrogen and oxygen atoms in total. The first kappa shape index (κ1) is 36.5. The molecule has 0 N–H and O–H groups in total. The smallest absolute Gasteiger partial charge is 0.416 e. The van der Waals surface area contributed by atoms with E-state index in [1.165, 1.54) is 7.11 Å². The highest BCUT2D eigenvalue weighted by Crippen LogP contribution is 2.62. The molecule has 55 heavy (non-hydrogen) atoms. The number of alkyl halides is 6. The van der Waals surface area contributed by atoms with Crippen molar-refractivity contribution in [3.8, 4) is 39.5 Å². The van der Waals surface area contributed by atoms with Gasteiger partial charge in [0, 0.05) is 27.5 Å². The van der Waals surface area contributed by atoms with Crippen LogP contribution in [0.2, 0.25) is 0 Å². The lowest BCUT2D eigenvalue weighted by molar-refractivity contribution is -0.143. The summed E-state index contributed by atoms with van der Waals surface area (Å²) < 4.78 is 107. The second kappa shape index (κ2) is 12.5. The molecule has 1 atom stereocenters. The second-order valence-corrected chi connectivity index (χ2v) is 15.0. The zero-order valence-corrected chi connectivity index (χ0v) is 31.1. The van der Waals surface area contributed by atoms with Gasteiger partial charge in [0.2, 0.25) is 0 Å². The molecular weight excluding hydrogens is 714 g/mol. The van der Waals surface area contributed by atoms with Crippen LogP contribution in [0.1, 0.15) is 71.2 Å². The Morgan fingerprint density at radius 2 is 1.45 bits per heavy atom. The van der Waals surface area contributed by atoms with Gasteiger partial charge in [-0.15, -0.1) is 0 Å². The SMILES string of the molecule is COc1ccc([C@@]2(C3=CCCC=C3)C=Cc3c4c(c5cc(-c6ccc(C)cc6C)c(OC)cc5c3O2)-c2cc(C(F)(F)F)cc(C(F)(F)F)c2C4(C)C)cc1. The highest BCUT2D eigenvalue weighted by Gasteiger charge is 2.50. The first-order valence-corrected chi connectivity index (χ1v) is 18.0. The number of aryl methyl sites for hydroxylation is 2. The van der Waals surface area contributed by atoms with Crippen molar-refractivity contribution >= 4 is 16.8 Å². The minimum Gasteiger partial charge on any atom is -0.497 e. The highest BCUT2D eigenvalue weighted by molar-refractivity contribution is 6.11. The van der Waals surface area contributed by atoms with Gasteiger partial charge in [0.15, 0.2) is 5.60 Å². The Morgan fingerprint density at radius 1 is 0.709 bits per heavy atom. The summed E-state index contributed by atoms with van der Waals surface area (Å²) >= 11 is 0. The van der Waals surface area contributed by atoms with Crippen molar-refractivity contribution in [2.45, 2.75) is 63.9 Å². The van der Waals surface area contributed by atoms with Gasteiger partial charge in [0.25, 0.3) is 0 Å². The van der Waals surface area contributed by atoms with Gasteiger partial charge < -0.3 is 14.2 Å². The van der Waals surface area contributed by atoms with Crippen molar-refractivity contribution in [2.24, 2.45) is 0 Å². The molecule has 1 heterocycles. The summed E-state index contributed by atoms with van der Waals surface area (Å²) in [7, 11) is 3.12. The fourth-order valence-corrected chi connectivity index (χ4v) is 8.82. The maximum Gasteiger partial charge on any atom is 0.416 e. The van der Waals surface area contributed by atoms with Crippen LogP contribution < -0.4 is 14.2 Å². The molecule has 3 aliphatic rings. The van der Waals surface area contributed by atoms with Gasteiger partial charge in [-0.3, -0.25) is 0 Å². The zero-order chi connectivity index (χ0) is 39.2. The monoisotopic (exact) mass is 752 g/mol. The molecule has 1 aliphatic heterocycles. The van der Waals surface area contributed by atoms with Gasteiger partial charge in [-0.1, -0.05) is 74.0 Å². The van der Waals surface area contributed by atoms with Gasteiger partial charge in [-0.2, -0.15) is 26.3 Å². The quantitative estimate of drug-likeness (QED) is 0.167. The molecule has 0 spiro atoms. The van der Waals surface area contributed by atoms with Crippen LogP contribution in [0.3, 0.4) is 0 Å². The summed E-state index contributed by atoms with van der Waals surface area (Å²) in [5.74, 6) is 1.52. The average Bonchev–Trinajstić information content (AvgIpc) is 3.40. The van der Waals surface area contributed by atoms with Crippen molar-refractivity contribution < 1.29 is 40.6 Å². The lowest BCUT2D eigenvalue weighted by Gasteiger charge is -2.39. The average molecular weight is 753 g/mol. The summed E-state index contributed by atoms with van der Waals surface area (Å²) in [5, 5.41) is 0.951. The van der Waals surface area contributed by atoms with E-state index in [1.54, 1.807) is 27.0 Å². The summed E-state index contributed by atoms with van der Waals surface area (Å²) in [6, 6.07) is 18.2. The number of benzene rings is 5. The summed E-state index contributed by atoms with van der Waals surface area (Å²) in [4.78, 5) is 0. The number of hydrogen-bond acceptors (Lipinski definition) is 3. The first-order valence-electron chi connectivity index (χ1n) is 18.0. The molecule has 0 aromatic heterocycles. The van der Waals surface area contributed by atoms with Crippen LogP contribution in [0.25, 0.3) is 39.1 Å². The predicted molar refractivity (Wildman–Crippen MR) is 204 cm³/mol. The number of allylic oxidation sites excluding steroid dienone is 2. The number of hydrogen-bond donors (Lipinski definition) is 0. The van der Waals surface area contributed by atoms with E-state index in [2.05, 4.69) is 12.2 Å². The van der Waals surface area contributed by atoms with Crippen LogP contribution in [0.15, 0.2) is 96.6 Å². The Labute approximate surface area is 315 Å². The Bertz CT molecular complexity index is 2500. The van der Waals surface area contributed by atoms with E-state index in [0.29, 0.717) is 50.3 Å². The molecule has 5 aromatic carbocycles. The summed E-state index contributed by atoms with van der Waals surface area (Å²) in [6.07, 6.45) is 1.50. The van der Waals surface area contributed by atoms with Gasteiger partial charge in [0.1, 0.15) is 17.2 Å². The van der Waals surface area contributed by atoms with Crippen LogP contribution in [0, 0.1) is 13.8 Å². The Morgan fingerprint density at radius 3 is 2.07 bits per heavy atom. The number of fused-ring (bicyclic) bond motifs is 8. The van der Waals surface area contributed by atoms with Crippen LogP contribution >= 0.6 is 0 Å². The number of ether oxygens (including phenoxy) is 3. The third kappa shape index (κ3) is 5.64. The summed E-state index contributed by atoms with van der Waals surface area (Å²) in [6.45, 7) is 7.22. The minimum absolute atomic E-state index is 0.106. The minimum atomic E-state index is -5.07. The van der Waals surface area contributed by atoms with E-state index in [1.807, 2.05) is 80.6 Å². The van der Waals surface area contributed by atoms with E-state index in [-0.39, 0.29) is 17.2 Å². The van der Waals surface area contributed by atoms with Crippen molar-refractivity contribution in [1.82, 2.24) is 0 Å². The maximum absolute atomic E-state index is 15.0. The fraction of sp³-hybridized carbons (Fsp3) is 0.261. The lowest BCUT2D eigenvalue weighted by atomic mass is 9.75. The molecule has 5 aromatic rings. The maximum atomic E-state index is 15.0. The lowest BCUT2D eigenvalue weighted by Crippen LogP contribution is -2.35. The Kier molecular flexibility index (Phi) is 8.33. The number of methoxy groups -OCH3 is 2. The van der Waals surface area contributed by atoms with Gasteiger partial charge in [-0.05, 0) is 114 Å². The van der Waals surface area contributed by atoms with E-state index < -0.39 is 34.5 Å². The normalized spacial score (nSPS) is 18.4. The van der Waals surface area contributed by atoms with Crippen LogP contribution in [-0.4, -0.2) is 14.2 Å². The molecule has 282 valence electrons. The molecule has 0 radical (unpaired) electrons. The van der Waals surface area contributed by atoms with Gasteiger partial charge in [-0.25, -0.2) is 0 Å². The highest BCUT2D eigenvalue weighted by atomic mass is 19.4. The topological polar surface area (TPSA) is 27.7 Å². The van der Waals surface area contributed by atoms with Gasteiger partial charge >= 0.3 is 12.4 Å². The zero-order valence-electron chi connectivity index (χ0n) is 31.1. The van der Waals surface area contributed by atoms with Crippen molar-refractivity contribution in [2.75, 3.05) is 14.2 Å². The largest absolute Gasteiger partial charge is 0.497 e. The Hall–Kier alpha value is -5.44. The van der Waals surface area contributed by atoms with Crippen molar-refractivity contribution in [3.05, 3.63) is 141 Å². The van der Waals surface area contributed by atoms with E-state index in [4.69, 9.17) is 14.2 Å². The molecular formula is C46H38F6O3. The molecule has 0 fully saturated rings. The van der Waals surface area contributed by atoms with E-state index in [9.17, 15) is 26.3 Å². The number of rotatable bonds is 5. The Balaban J connectivity index is 1.53. The summed E-state index contributed by atoms with van der Waals surface area (Å²) in [5.41, 5.74) is 0.810. The second-order valence-electron chi connectivity index (χ2n) is 15.0. The molecule has 0 bridgehead atoms. The first-order chi connectivity index (χ1) is 26.0. The van der Waals surface area contributed by atoms with Crippen LogP contribution in [0.4, 0.5) is 26.3 Å². The molecule has 0 amide bonds. The third-order valence-electron chi connectivity index (χ3n) is 11.3. The molecule has 0 saturated carbocycles. The fourth-order valence-electron chi connectivity index (χ4n) is 8.82. The molecule has 8 rings (SSSR count). The van der Waals surface area contributed by atoms with E-state index >= 15 is 0 Å². The van der Waals surface area contributed by atoms with Gasteiger partial charge in [0.05, 0.1) is 25.3 Å². The standard InChI is InChI=1S/C46H38F6O3/c1-25-12-17-31(26(2)20-25)33-23-34-35(24-38(33)54-6)42-32(18-19-44(55-42,27-10-8-7-9-11-27)28-13-15-30(53-5)16-14-28)41-39(34)36-21-29(45(47,48)49)22-37(46(50,51)52)40(36)43(41,3)4/h8,10-24H,7,9H2,1-6H3/t44-/m0/s1. The predicted octanol–water partition coefficient (Wildman–Crippen LogP) is 13.1.